The first-order valence-corrected chi connectivity index (χ1v) is 9.72. The Kier molecular flexibility index (Phi) is 7.14. The van der Waals surface area contributed by atoms with E-state index in [0.717, 1.165) is 11.1 Å². The number of allylic oxidation sites excluding steroid dienone is 1. The average Bonchev–Trinajstić information content (AvgIpc) is 2.81. The largest absolute Gasteiger partial charge is 0.374 e. The van der Waals surface area contributed by atoms with Crippen LogP contribution in [0.1, 0.15) is 44.3 Å². The zero-order valence-corrected chi connectivity index (χ0v) is 17.1. The Morgan fingerprint density at radius 1 is 0.839 bits per heavy atom. The van der Waals surface area contributed by atoms with E-state index >= 15 is 0 Å². The number of nitriles is 1. The lowest BCUT2D eigenvalue weighted by Gasteiger charge is -2.09. The molecule has 150 valence electrons. The van der Waals surface area contributed by atoms with Gasteiger partial charge in [0.2, 0.25) is 0 Å². The minimum absolute atomic E-state index is 0.0192. The normalized spacial score (nSPS) is 10.4. The number of nitrogens with zero attached hydrogens (tertiary/aromatic N) is 1. The topological polar surface area (TPSA) is 70.0 Å². The third kappa shape index (κ3) is 6.03. The molecule has 0 radical (unpaired) electrons. The molecule has 0 aliphatic carbocycles. The summed E-state index contributed by atoms with van der Waals surface area (Å²) in [6.45, 7) is 1.87. The van der Waals surface area contributed by atoms with Gasteiger partial charge in [-0.1, -0.05) is 54.3 Å². The van der Waals surface area contributed by atoms with Crippen molar-refractivity contribution in [1.82, 2.24) is 5.32 Å². The maximum absolute atomic E-state index is 12.7. The van der Waals surface area contributed by atoms with Gasteiger partial charge in [0.05, 0.1) is 18.2 Å². The monoisotopic (exact) mass is 404 g/mol. The lowest BCUT2D eigenvalue weighted by Crippen LogP contribution is -2.14. The molecule has 0 atom stereocenters. The summed E-state index contributed by atoms with van der Waals surface area (Å²) < 4.78 is 0. The van der Waals surface area contributed by atoms with Gasteiger partial charge in [-0.05, 0) is 48.9 Å². The number of hydrogen-bond donors (Lipinski definition) is 1. The molecule has 0 spiro atoms. The van der Waals surface area contributed by atoms with Crippen LogP contribution in [0.2, 0.25) is 0 Å². The average molecular weight is 404 g/mol. The van der Waals surface area contributed by atoms with Crippen LogP contribution in [-0.2, 0) is 0 Å². The highest BCUT2D eigenvalue weighted by Crippen LogP contribution is 2.13. The van der Waals surface area contributed by atoms with Crippen molar-refractivity contribution in [3.8, 4) is 17.9 Å². The van der Waals surface area contributed by atoms with Crippen LogP contribution < -0.4 is 5.32 Å². The minimum Gasteiger partial charge on any atom is -0.374 e. The van der Waals surface area contributed by atoms with Crippen LogP contribution in [-0.4, -0.2) is 18.1 Å². The van der Waals surface area contributed by atoms with Crippen molar-refractivity contribution in [3.05, 3.63) is 113 Å². The summed E-state index contributed by atoms with van der Waals surface area (Å²) in [7, 11) is 0. The van der Waals surface area contributed by atoms with E-state index in [1.807, 2.05) is 48.5 Å². The van der Waals surface area contributed by atoms with E-state index in [-0.39, 0.29) is 11.6 Å². The molecular formula is C27H20N2O2. The SMILES string of the molecule is CC(=O)c1ccc(C#CCN/C(=C\C(=O)c2ccc(C#N)cc2)c2ccccc2)cc1. The molecule has 4 heteroatoms. The molecule has 4 nitrogen and oxygen atoms in total. The molecule has 3 aromatic carbocycles. The fourth-order valence-corrected chi connectivity index (χ4v) is 2.85. The molecule has 0 heterocycles. The predicted molar refractivity (Wildman–Crippen MR) is 121 cm³/mol. The number of carbonyl (C=O) groups excluding carboxylic acids is 2. The van der Waals surface area contributed by atoms with Gasteiger partial charge < -0.3 is 5.32 Å². The molecule has 0 fully saturated rings. The van der Waals surface area contributed by atoms with Crippen LogP contribution >= 0.6 is 0 Å². The summed E-state index contributed by atoms with van der Waals surface area (Å²) >= 11 is 0. The molecule has 0 saturated carbocycles. The molecule has 1 N–H and O–H groups in total. The van der Waals surface area contributed by atoms with Crippen molar-refractivity contribution in [3.63, 3.8) is 0 Å². The zero-order valence-electron chi connectivity index (χ0n) is 17.1. The Morgan fingerprint density at radius 3 is 2.06 bits per heavy atom. The highest BCUT2D eigenvalue weighted by atomic mass is 16.1. The second-order valence-electron chi connectivity index (χ2n) is 6.77. The van der Waals surface area contributed by atoms with E-state index in [1.54, 1.807) is 42.5 Å². The van der Waals surface area contributed by atoms with Crippen molar-refractivity contribution >= 4 is 17.3 Å². The van der Waals surface area contributed by atoms with E-state index in [0.29, 0.717) is 28.9 Å². The van der Waals surface area contributed by atoms with Crippen LogP contribution in [0, 0.1) is 23.2 Å². The van der Waals surface area contributed by atoms with Crippen LogP contribution in [0.25, 0.3) is 5.70 Å². The number of nitrogens with one attached hydrogen (secondary N) is 1. The van der Waals surface area contributed by atoms with Gasteiger partial charge in [0.15, 0.2) is 11.6 Å². The first-order valence-electron chi connectivity index (χ1n) is 9.72. The molecule has 0 aromatic heterocycles. The first-order chi connectivity index (χ1) is 15.1. The quantitative estimate of drug-likeness (QED) is 0.370. The number of hydrogen-bond acceptors (Lipinski definition) is 4. The third-order valence-electron chi connectivity index (χ3n) is 4.55. The summed E-state index contributed by atoms with van der Waals surface area (Å²) in [6, 6.07) is 25.3. The van der Waals surface area contributed by atoms with Crippen molar-refractivity contribution in [2.45, 2.75) is 6.92 Å². The maximum atomic E-state index is 12.7. The summed E-state index contributed by atoms with van der Waals surface area (Å²) in [6.07, 6.45) is 1.54. The first kappa shape index (κ1) is 21.3. The van der Waals surface area contributed by atoms with Gasteiger partial charge in [-0.25, -0.2) is 0 Å². The van der Waals surface area contributed by atoms with Gasteiger partial charge in [-0.3, -0.25) is 9.59 Å². The van der Waals surface area contributed by atoms with Gasteiger partial charge in [0, 0.05) is 28.5 Å². The predicted octanol–water partition coefficient (Wildman–Crippen LogP) is 4.63. The summed E-state index contributed by atoms with van der Waals surface area (Å²) in [4.78, 5) is 24.1. The Morgan fingerprint density at radius 2 is 1.45 bits per heavy atom. The molecular weight excluding hydrogens is 384 g/mol. The Bertz CT molecular complexity index is 1200. The zero-order chi connectivity index (χ0) is 22.1. The van der Waals surface area contributed by atoms with Crippen LogP contribution in [0.3, 0.4) is 0 Å². The Hall–Kier alpha value is -4.41. The van der Waals surface area contributed by atoms with E-state index < -0.39 is 0 Å². The molecule has 3 rings (SSSR count). The molecule has 0 amide bonds. The molecule has 31 heavy (non-hydrogen) atoms. The smallest absolute Gasteiger partial charge is 0.187 e. The molecule has 0 unspecified atom stereocenters. The molecule has 0 aliphatic rings. The van der Waals surface area contributed by atoms with Gasteiger partial charge >= 0.3 is 0 Å². The Labute approximate surface area is 181 Å². The summed E-state index contributed by atoms with van der Waals surface area (Å²) in [5.74, 6) is 5.95. The highest BCUT2D eigenvalue weighted by molar-refractivity contribution is 6.08. The standard InChI is InChI=1S/C27H20N2O2/c1-20(30)23-13-9-21(10-14-23)6-5-17-29-26(24-7-3-2-4-8-24)18-27(31)25-15-11-22(19-28)12-16-25/h2-4,7-16,18,29H,17H2,1H3/b26-18-. The third-order valence-corrected chi connectivity index (χ3v) is 4.55. The van der Waals surface area contributed by atoms with E-state index in [9.17, 15) is 9.59 Å². The lowest BCUT2D eigenvalue weighted by atomic mass is 10.1. The van der Waals surface area contributed by atoms with Gasteiger partial charge in [0.1, 0.15) is 0 Å². The lowest BCUT2D eigenvalue weighted by molar-refractivity contribution is 0.101. The minimum atomic E-state index is -0.163. The maximum Gasteiger partial charge on any atom is 0.187 e. The van der Waals surface area contributed by atoms with Crippen LogP contribution in [0.4, 0.5) is 0 Å². The Balaban J connectivity index is 1.76. The van der Waals surface area contributed by atoms with Crippen molar-refractivity contribution in [1.29, 1.82) is 5.26 Å². The summed E-state index contributed by atoms with van der Waals surface area (Å²) in [5.41, 5.74) is 4.01. The van der Waals surface area contributed by atoms with Crippen molar-refractivity contribution in [2.75, 3.05) is 6.54 Å². The van der Waals surface area contributed by atoms with E-state index in [2.05, 4.69) is 17.2 Å². The molecule has 0 aliphatic heterocycles. The number of benzene rings is 3. The van der Waals surface area contributed by atoms with Crippen LogP contribution in [0.15, 0.2) is 84.9 Å². The number of ketones is 2. The van der Waals surface area contributed by atoms with Crippen molar-refractivity contribution in [2.24, 2.45) is 0 Å². The van der Waals surface area contributed by atoms with Gasteiger partial charge in [-0.2, -0.15) is 5.26 Å². The fourth-order valence-electron chi connectivity index (χ4n) is 2.85. The second-order valence-corrected chi connectivity index (χ2v) is 6.77. The second kappa shape index (κ2) is 10.4. The molecule has 0 bridgehead atoms. The van der Waals surface area contributed by atoms with Crippen LogP contribution in [0.5, 0.6) is 0 Å². The van der Waals surface area contributed by atoms with Gasteiger partial charge in [0.25, 0.3) is 0 Å². The van der Waals surface area contributed by atoms with Gasteiger partial charge in [-0.15, -0.1) is 0 Å². The van der Waals surface area contributed by atoms with E-state index in [1.165, 1.54) is 6.92 Å². The molecule has 3 aromatic rings. The summed E-state index contributed by atoms with van der Waals surface area (Å²) in [5, 5.41) is 12.1. The highest BCUT2D eigenvalue weighted by Gasteiger charge is 2.07. The molecule has 0 saturated heterocycles. The van der Waals surface area contributed by atoms with E-state index in [4.69, 9.17) is 5.26 Å². The number of rotatable bonds is 6. The fraction of sp³-hybridized carbons (Fsp3) is 0.0741. The number of Topliss-reactive ketones (excluding diaryl/α,β-unsaturated/α-hetero) is 1. The number of carbonyl (C=O) groups is 2. The van der Waals surface area contributed by atoms with Crippen molar-refractivity contribution < 1.29 is 9.59 Å².